The maximum atomic E-state index is 8.99. The van der Waals surface area contributed by atoms with Crippen molar-refractivity contribution >= 4 is 0 Å². The van der Waals surface area contributed by atoms with Crippen LogP contribution in [0.25, 0.3) is 0 Å². The van der Waals surface area contributed by atoms with Gasteiger partial charge in [-0.05, 0) is 13.8 Å². The quantitative estimate of drug-likeness (QED) is 0.414. The van der Waals surface area contributed by atoms with E-state index in [9.17, 15) is 0 Å². The van der Waals surface area contributed by atoms with Gasteiger partial charge in [-0.3, -0.25) is 5.32 Å². The van der Waals surface area contributed by atoms with E-state index in [1.165, 1.54) is 0 Å². The summed E-state index contributed by atoms with van der Waals surface area (Å²) in [5, 5.41) is 11.8. The molecule has 0 atom stereocenters. The van der Waals surface area contributed by atoms with Crippen molar-refractivity contribution in [3.63, 3.8) is 0 Å². The Bertz CT molecular complexity index is 73.1. The zero-order chi connectivity index (χ0) is 6.62. The second-order valence-electron chi connectivity index (χ2n) is 2.23. The van der Waals surface area contributed by atoms with Gasteiger partial charge in [-0.15, -0.1) is 6.58 Å². The summed E-state index contributed by atoms with van der Waals surface area (Å²) in [6, 6.07) is 0. The smallest absolute Gasteiger partial charge is 0.110 e. The molecule has 48 valence electrons. The van der Waals surface area contributed by atoms with Crippen LogP contribution in [0.5, 0.6) is 0 Å². The van der Waals surface area contributed by atoms with Crippen LogP contribution in [0.1, 0.15) is 13.8 Å². The summed E-state index contributed by atoms with van der Waals surface area (Å²) in [6.07, 6.45) is 1.71. The number of rotatable bonds is 3. The molecule has 0 unspecified atom stereocenters. The molecule has 0 saturated carbocycles. The fraction of sp³-hybridized carbons (Fsp3) is 0.667. The molecule has 8 heavy (non-hydrogen) atoms. The highest BCUT2D eigenvalue weighted by atomic mass is 16.3. The molecule has 0 aromatic carbocycles. The normalized spacial score (nSPS) is 11.4. The molecule has 0 aromatic heterocycles. The Morgan fingerprint density at radius 2 is 2.25 bits per heavy atom. The maximum Gasteiger partial charge on any atom is 0.110 e. The SMILES string of the molecule is C=CCNC(C)(C)O. The van der Waals surface area contributed by atoms with Gasteiger partial charge in [0.25, 0.3) is 0 Å². The third-order valence-electron chi connectivity index (χ3n) is 0.679. The first-order chi connectivity index (χ1) is 3.56. The molecule has 0 aliphatic carbocycles. The van der Waals surface area contributed by atoms with E-state index in [0.29, 0.717) is 6.54 Å². The summed E-state index contributed by atoms with van der Waals surface area (Å²) < 4.78 is 0. The summed E-state index contributed by atoms with van der Waals surface area (Å²) in [5.41, 5.74) is -0.770. The Hall–Kier alpha value is -0.340. The zero-order valence-corrected chi connectivity index (χ0v) is 5.44. The lowest BCUT2D eigenvalue weighted by atomic mass is 10.3. The van der Waals surface area contributed by atoms with E-state index in [1.807, 2.05) is 0 Å². The molecule has 2 heteroatoms. The Labute approximate surface area is 50.2 Å². The topological polar surface area (TPSA) is 32.3 Å². The van der Waals surface area contributed by atoms with E-state index < -0.39 is 5.72 Å². The van der Waals surface area contributed by atoms with Crippen LogP contribution in [0.2, 0.25) is 0 Å². The van der Waals surface area contributed by atoms with Crippen molar-refractivity contribution in [1.82, 2.24) is 5.32 Å². The molecule has 0 rings (SSSR count). The Kier molecular flexibility index (Phi) is 2.72. The van der Waals surface area contributed by atoms with Crippen LogP contribution in [-0.2, 0) is 0 Å². The molecule has 0 aliphatic heterocycles. The lowest BCUT2D eigenvalue weighted by Gasteiger charge is -2.17. The summed E-state index contributed by atoms with van der Waals surface area (Å²) >= 11 is 0. The van der Waals surface area contributed by atoms with E-state index in [0.717, 1.165) is 0 Å². The van der Waals surface area contributed by atoms with Gasteiger partial charge in [-0.25, -0.2) is 0 Å². The first-order valence-corrected chi connectivity index (χ1v) is 2.64. The van der Waals surface area contributed by atoms with Gasteiger partial charge >= 0.3 is 0 Å². The van der Waals surface area contributed by atoms with Crippen LogP contribution in [0, 0.1) is 0 Å². The van der Waals surface area contributed by atoms with Gasteiger partial charge in [-0.2, -0.15) is 0 Å². The second-order valence-corrected chi connectivity index (χ2v) is 2.23. The third kappa shape index (κ3) is 5.66. The number of nitrogens with one attached hydrogen (secondary N) is 1. The monoisotopic (exact) mass is 115 g/mol. The summed E-state index contributed by atoms with van der Waals surface area (Å²) in [6.45, 7) is 7.51. The van der Waals surface area contributed by atoms with Crippen LogP contribution in [0.3, 0.4) is 0 Å². The maximum absolute atomic E-state index is 8.99. The minimum atomic E-state index is -0.770. The van der Waals surface area contributed by atoms with Crippen molar-refractivity contribution in [3.8, 4) is 0 Å². The standard InChI is InChI=1S/C6H13NO/c1-4-5-7-6(2,3)8/h4,7-8H,1,5H2,2-3H3. The van der Waals surface area contributed by atoms with Gasteiger partial charge < -0.3 is 5.11 Å². The van der Waals surface area contributed by atoms with Crippen molar-refractivity contribution < 1.29 is 5.11 Å². The van der Waals surface area contributed by atoms with Gasteiger partial charge in [-0.1, -0.05) is 6.08 Å². The van der Waals surface area contributed by atoms with Crippen molar-refractivity contribution in [3.05, 3.63) is 12.7 Å². The molecule has 2 nitrogen and oxygen atoms in total. The molecule has 0 heterocycles. The zero-order valence-electron chi connectivity index (χ0n) is 5.44. The molecule has 0 spiro atoms. The van der Waals surface area contributed by atoms with Crippen molar-refractivity contribution in [2.45, 2.75) is 19.6 Å². The lowest BCUT2D eigenvalue weighted by molar-refractivity contribution is 0.0476. The summed E-state index contributed by atoms with van der Waals surface area (Å²) in [4.78, 5) is 0. The van der Waals surface area contributed by atoms with Crippen LogP contribution >= 0.6 is 0 Å². The lowest BCUT2D eigenvalue weighted by Crippen LogP contribution is -2.38. The molecular weight excluding hydrogens is 102 g/mol. The number of hydrogen-bond donors (Lipinski definition) is 2. The van der Waals surface area contributed by atoms with Crippen molar-refractivity contribution in [2.75, 3.05) is 6.54 Å². The van der Waals surface area contributed by atoms with Gasteiger partial charge in [0.2, 0.25) is 0 Å². The predicted molar refractivity (Wildman–Crippen MR) is 34.5 cm³/mol. The van der Waals surface area contributed by atoms with Gasteiger partial charge in [0.15, 0.2) is 0 Å². The first-order valence-electron chi connectivity index (χ1n) is 2.64. The molecule has 0 fully saturated rings. The van der Waals surface area contributed by atoms with Crippen LogP contribution in [-0.4, -0.2) is 17.4 Å². The second kappa shape index (κ2) is 2.84. The van der Waals surface area contributed by atoms with E-state index in [-0.39, 0.29) is 0 Å². The van der Waals surface area contributed by atoms with Crippen LogP contribution in [0.15, 0.2) is 12.7 Å². The molecule has 0 radical (unpaired) electrons. The summed E-state index contributed by atoms with van der Waals surface area (Å²) in [7, 11) is 0. The largest absolute Gasteiger partial charge is 0.376 e. The van der Waals surface area contributed by atoms with E-state index >= 15 is 0 Å². The molecule has 0 saturated heterocycles. The average Bonchev–Trinajstić information content (AvgIpc) is 1.59. The average molecular weight is 115 g/mol. The van der Waals surface area contributed by atoms with E-state index in [4.69, 9.17) is 5.11 Å². The number of aliphatic hydroxyl groups is 1. The molecular formula is C6H13NO. The Balaban J connectivity index is 3.24. The van der Waals surface area contributed by atoms with Gasteiger partial charge in [0, 0.05) is 6.54 Å². The molecule has 2 N–H and O–H groups in total. The highest BCUT2D eigenvalue weighted by molar-refractivity contribution is 4.73. The van der Waals surface area contributed by atoms with Crippen molar-refractivity contribution in [1.29, 1.82) is 0 Å². The number of hydrogen-bond acceptors (Lipinski definition) is 2. The Morgan fingerprint density at radius 1 is 1.75 bits per heavy atom. The third-order valence-corrected chi connectivity index (χ3v) is 0.679. The van der Waals surface area contributed by atoms with Crippen LogP contribution < -0.4 is 5.32 Å². The predicted octanol–water partition coefficient (Wildman–Crippen LogP) is 0.490. The van der Waals surface area contributed by atoms with Gasteiger partial charge in [0.05, 0.1) is 0 Å². The van der Waals surface area contributed by atoms with E-state index in [2.05, 4.69) is 11.9 Å². The highest BCUT2D eigenvalue weighted by Gasteiger charge is 2.07. The highest BCUT2D eigenvalue weighted by Crippen LogP contribution is 1.91. The van der Waals surface area contributed by atoms with Crippen LogP contribution in [0.4, 0.5) is 0 Å². The molecule has 0 bridgehead atoms. The molecule has 0 aromatic rings. The minimum Gasteiger partial charge on any atom is -0.376 e. The fourth-order valence-corrected chi connectivity index (χ4v) is 0.322. The molecule has 0 amide bonds. The molecule has 0 aliphatic rings. The first kappa shape index (κ1) is 7.66. The summed E-state index contributed by atoms with van der Waals surface area (Å²) in [5.74, 6) is 0. The van der Waals surface area contributed by atoms with Crippen molar-refractivity contribution in [2.24, 2.45) is 0 Å². The van der Waals surface area contributed by atoms with Gasteiger partial charge in [0.1, 0.15) is 5.72 Å². The Morgan fingerprint density at radius 3 is 2.38 bits per heavy atom. The fourth-order valence-electron chi connectivity index (χ4n) is 0.322. The minimum absolute atomic E-state index is 0.642. The van der Waals surface area contributed by atoms with E-state index in [1.54, 1.807) is 19.9 Å².